The summed E-state index contributed by atoms with van der Waals surface area (Å²) in [4.78, 5) is 26.4. The van der Waals surface area contributed by atoms with Gasteiger partial charge in [0.05, 0.1) is 18.4 Å². The van der Waals surface area contributed by atoms with Crippen LogP contribution in [0.25, 0.3) is 5.57 Å². The largest absolute Gasteiger partial charge is 0.488 e. The van der Waals surface area contributed by atoms with Crippen molar-refractivity contribution in [2.24, 2.45) is 5.73 Å². The monoisotopic (exact) mass is 436 g/mol. The average molecular weight is 437 g/mol. The van der Waals surface area contributed by atoms with E-state index in [1.54, 1.807) is 6.92 Å². The van der Waals surface area contributed by atoms with Gasteiger partial charge in [-0.2, -0.15) is 0 Å². The summed E-state index contributed by atoms with van der Waals surface area (Å²) < 4.78 is 12.1. The van der Waals surface area contributed by atoms with Gasteiger partial charge >= 0.3 is 0 Å². The molecular weight excluding hydrogens is 408 g/mol. The van der Waals surface area contributed by atoms with Crippen molar-refractivity contribution in [1.29, 1.82) is 0 Å². The summed E-state index contributed by atoms with van der Waals surface area (Å²) in [6, 6.07) is 11.4. The molecule has 8 nitrogen and oxygen atoms in total. The van der Waals surface area contributed by atoms with Gasteiger partial charge in [-0.05, 0) is 39.0 Å². The third-order valence-corrected chi connectivity index (χ3v) is 5.65. The van der Waals surface area contributed by atoms with Crippen molar-refractivity contribution < 1.29 is 19.1 Å². The number of anilines is 2. The number of para-hydroxylation sites is 1. The van der Waals surface area contributed by atoms with Gasteiger partial charge in [0.2, 0.25) is 0 Å². The van der Waals surface area contributed by atoms with Crippen LogP contribution < -0.4 is 30.7 Å². The zero-order valence-corrected chi connectivity index (χ0v) is 18.5. The predicted octanol–water partition coefficient (Wildman–Crippen LogP) is 2.80. The van der Waals surface area contributed by atoms with E-state index < -0.39 is 0 Å². The summed E-state index contributed by atoms with van der Waals surface area (Å²) in [6.07, 6.45) is 0. The molecule has 0 bridgehead atoms. The van der Waals surface area contributed by atoms with E-state index in [1.807, 2.05) is 43.3 Å². The summed E-state index contributed by atoms with van der Waals surface area (Å²) in [5.74, 6) is 1.03. The molecule has 2 aliphatic rings. The highest BCUT2D eigenvalue weighted by molar-refractivity contribution is 6.21. The molecule has 0 aliphatic carbocycles. The fraction of sp³-hybridized carbons (Fsp3) is 0.333. The molecule has 4 N–H and O–H groups in total. The van der Waals surface area contributed by atoms with E-state index in [0.29, 0.717) is 48.2 Å². The lowest BCUT2D eigenvalue weighted by molar-refractivity contribution is -0.123. The number of hydrogen-bond donors (Lipinski definition) is 3. The topological polar surface area (TPSA) is 106 Å². The fourth-order valence-electron chi connectivity index (χ4n) is 4.33. The van der Waals surface area contributed by atoms with Crippen molar-refractivity contribution in [2.75, 3.05) is 36.6 Å². The van der Waals surface area contributed by atoms with Crippen LogP contribution in [0.5, 0.6) is 11.5 Å². The zero-order chi connectivity index (χ0) is 22.8. The first-order valence-electron chi connectivity index (χ1n) is 10.7. The van der Waals surface area contributed by atoms with Gasteiger partial charge in [0, 0.05) is 28.9 Å². The first-order chi connectivity index (χ1) is 15.4. The second kappa shape index (κ2) is 8.82. The van der Waals surface area contributed by atoms with Crippen molar-refractivity contribution in [3.05, 3.63) is 53.2 Å². The van der Waals surface area contributed by atoms with E-state index in [2.05, 4.69) is 15.5 Å². The molecule has 1 atom stereocenters. The molecule has 8 heteroatoms. The van der Waals surface area contributed by atoms with Crippen LogP contribution in [0, 0.1) is 0 Å². The molecule has 2 heterocycles. The molecule has 0 saturated heterocycles. The van der Waals surface area contributed by atoms with Crippen molar-refractivity contribution in [2.45, 2.75) is 26.8 Å². The van der Waals surface area contributed by atoms with Crippen LogP contribution >= 0.6 is 0 Å². The summed E-state index contributed by atoms with van der Waals surface area (Å²) >= 11 is 0. The number of carbonyl (C=O) groups excluding carboxylic acids is 2. The summed E-state index contributed by atoms with van der Waals surface area (Å²) in [5.41, 5.74) is 10.4. The van der Waals surface area contributed by atoms with Crippen molar-refractivity contribution in [1.82, 2.24) is 5.32 Å². The molecule has 1 unspecified atom stereocenters. The third kappa shape index (κ3) is 3.84. The SMILES string of the molecule is CCNC(=O)COc1ccccc1C1COc2c(C(C(C)=O)=C(C)N)ccc3c2N1CN3. The van der Waals surface area contributed by atoms with E-state index in [0.717, 1.165) is 16.9 Å². The van der Waals surface area contributed by atoms with Crippen LogP contribution in [0.4, 0.5) is 11.4 Å². The number of hydrogen-bond acceptors (Lipinski definition) is 7. The third-order valence-electron chi connectivity index (χ3n) is 5.65. The molecule has 2 aromatic rings. The van der Waals surface area contributed by atoms with E-state index in [1.165, 1.54) is 6.92 Å². The number of allylic oxidation sites excluding steroid dienone is 2. The second-order valence-electron chi connectivity index (χ2n) is 7.86. The van der Waals surface area contributed by atoms with Crippen LogP contribution in [-0.4, -0.2) is 38.1 Å². The quantitative estimate of drug-likeness (QED) is 0.573. The van der Waals surface area contributed by atoms with Gasteiger partial charge in [0.1, 0.15) is 18.0 Å². The Morgan fingerprint density at radius 3 is 2.75 bits per heavy atom. The Morgan fingerprint density at radius 1 is 1.25 bits per heavy atom. The Bertz CT molecular complexity index is 1090. The molecule has 32 heavy (non-hydrogen) atoms. The van der Waals surface area contributed by atoms with Crippen LogP contribution in [0.2, 0.25) is 0 Å². The van der Waals surface area contributed by atoms with Gasteiger partial charge in [-0.3, -0.25) is 9.59 Å². The number of nitrogens with one attached hydrogen (secondary N) is 2. The normalized spacial score (nSPS) is 17.0. The molecule has 168 valence electrons. The smallest absolute Gasteiger partial charge is 0.257 e. The number of ether oxygens (including phenoxy) is 2. The van der Waals surface area contributed by atoms with Crippen molar-refractivity contribution in [3.8, 4) is 11.5 Å². The van der Waals surface area contributed by atoms with Gasteiger partial charge in [0.15, 0.2) is 18.1 Å². The van der Waals surface area contributed by atoms with Crippen LogP contribution in [0.3, 0.4) is 0 Å². The zero-order valence-electron chi connectivity index (χ0n) is 18.5. The Labute approximate surface area is 187 Å². The lowest BCUT2D eigenvalue weighted by Crippen LogP contribution is -2.36. The van der Waals surface area contributed by atoms with Gasteiger partial charge in [-0.25, -0.2) is 0 Å². The van der Waals surface area contributed by atoms with Gasteiger partial charge in [-0.1, -0.05) is 18.2 Å². The molecule has 1 amide bonds. The molecule has 2 aliphatic heterocycles. The lowest BCUT2D eigenvalue weighted by Gasteiger charge is -2.36. The molecule has 0 radical (unpaired) electrons. The van der Waals surface area contributed by atoms with E-state index in [4.69, 9.17) is 15.2 Å². The molecule has 0 spiro atoms. The maximum absolute atomic E-state index is 12.3. The number of ketones is 1. The minimum atomic E-state index is -0.164. The highest BCUT2D eigenvalue weighted by Crippen LogP contribution is 2.51. The summed E-state index contributed by atoms with van der Waals surface area (Å²) in [5, 5.41) is 6.14. The lowest BCUT2D eigenvalue weighted by atomic mass is 9.96. The molecule has 4 rings (SSSR count). The number of amides is 1. The first kappa shape index (κ1) is 21.5. The number of rotatable bonds is 7. The van der Waals surface area contributed by atoms with Crippen molar-refractivity contribution >= 4 is 28.6 Å². The molecular formula is C24H28N4O4. The first-order valence-corrected chi connectivity index (χ1v) is 10.7. The fourth-order valence-corrected chi connectivity index (χ4v) is 4.33. The number of likely N-dealkylation sites (N-methyl/N-ethyl adjacent to an activating group) is 1. The summed E-state index contributed by atoms with van der Waals surface area (Å²) in [6.45, 7) is 6.56. The highest BCUT2D eigenvalue weighted by Gasteiger charge is 2.38. The van der Waals surface area contributed by atoms with E-state index in [9.17, 15) is 9.59 Å². The Morgan fingerprint density at radius 2 is 2.03 bits per heavy atom. The van der Waals surface area contributed by atoms with Crippen LogP contribution in [-0.2, 0) is 9.59 Å². The molecule has 0 saturated carbocycles. The Hall–Kier alpha value is -3.68. The number of carbonyl (C=O) groups is 2. The van der Waals surface area contributed by atoms with Crippen molar-refractivity contribution in [3.63, 3.8) is 0 Å². The van der Waals surface area contributed by atoms with Crippen LogP contribution in [0.15, 0.2) is 42.1 Å². The average Bonchev–Trinajstić information content (AvgIpc) is 3.19. The Balaban J connectivity index is 1.70. The van der Waals surface area contributed by atoms with Crippen LogP contribution in [0.1, 0.15) is 37.9 Å². The molecule has 2 aromatic carbocycles. The molecule has 0 aromatic heterocycles. The maximum Gasteiger partial charge on any atom is 0.257 e. The predicted molar refractivity (Wildman–Crippen MR) is 124 cm³/mol. The minimum absolute atomic E-state index is 0.0504. The second-order valence-corrected chi connectivity index (χ2v) is 7.86. The van der Waals surface area contributed by atoms with Gasteiger partial charge < -0.3 is 30.7 Å². The minimum Gasteiger partial charge on any atom is -0.488 e. The highest BCUT2D eigenvalue weighted by atomic mass is 16.5. The number of nitrogens with zero attached hydrogens (tertiary/aromatic N) is 1. The summed E-state index contributed by atoms with van der Waals surface area (Å²) in [7, 11) is 0. The van der Waals surface area contributed by atoms with E-state index in [-0.39, 0.29) is 24.3 Å². The van der Waals surface area contributed by atoms with E-state index >= 15 is 0 Å². The number of nitrogens with two attached hydrogens (primary N) is 1. The maximum atomic E-state index is 12.3. The number of benzene rings is 2. The standard InChI is InChI=1S/C24H28N4O4/c1-4-26-21(30)12-31-20-8-6-5-7-16(20)19-11-32-24-17(22(14(2)25)15(3)29)9-10-18-23(24)28(19)13-27-18/h5-10,19,27H,4,11-13,25H2,1-3H3,(H,26,30). The molecule has 0 fully saturated rings. The van der Waals surface area contributed by atoms with Gasteiger partial charge in [-0.15, -0.1) is 0 Å². The number of Topliss-reactive ketones (excluding diaryl/α,β-unsaturated/α-hetero) is 1. The Kier molecular flexibility index (Phi) is 5.94. The van der Waals surface area contributed by atoms with Gasteiger partial charge in [0.25, 0.3) is 5.91 Å².